The topological polar surface area (TPSA) is 61.0 Å². The van der Waals surface area contributed by atoms with Crippen LogP contribution < -0.4 is 5.32 Å². The predicted octanol–water partition coefficient (Wildman–Crippen LogP) is 2.09. The number of amides is 1. The molecule has 1 aromatic heterocycles. The molecule has 1 aromatic rings. The largest absolute Gasteiger partial charge is 0.337 e. The Hall–Kier alpha value is -0.780. The summed E-state index contributed by atoms with van der Waals surface area (Å²) in [5.41, 5.74) is 0.878. The van der Waals surface area contributed by atoms with E-state index in [1.54, 1.807) is 0 Å². The van der Waals surface area contributed by atoms with Crippen molar-refractivity contribution < 1.29 is 4.79 Å². The third kappa shape index (κ3) is 2.95. The lowest BCUT2D eigenvalue weighted by Gasteiger charge is -2.44. The van der Waals surface area contributed by atoms with Crippen LogP contribution in [-0.2, 0) is 0 Å². The number of rotatable bonds is 1. The van der Waals surface area contributed by atoms with E-state index in [0.717, 1.165) is 39.0 Å². The van der Waals surface area contributed by atoms with E-state index in [4.69, 9.17) is 11.6 Å². The zero-order valence-corrected chi connectivity index (χ0v) is 12.9. The van der Waals surface area contributed by atoms with Crippen molar-refractivity contribution >= 4 is 29.9 Å². The SMILES string of the molecule is Cl.O=C(c1[nH]ncc1Cl)N1CCC2(CCNCC2)CC1. The number of H-pyrrole nitrogens is 1. The highest BCUT2D eigenvalue weighted by molar-refractivity contribution is 6.33. The first kappa shape index (κ1) is 15.6. The van der Waals surface area contributed by atoms with Crippen molar-refractivity contribution in [2.24, 2.45) is 5.41 Å². The van der Waals surface area contributed by atoms with Gasteiger partial charge in [-0.3, -0.25) is 9.89 Å². The van der Waals surface area contributed by atoms with Crippen LogP contribution in [0.4, 0.5) is 0 Å². The first-order valence-corrected chi connectivity index (χ1v) is 7.27. The van der Waals surface area contributed by atoms with Crippen molar-refractivity contribution in [2.45, 2.75) is 25.7 Å². The van der Waals surface area contributed by atoms with Gasteiger partial charge in [-0.25, -0.2) is 0 Å². The van der Waals surface area contributed by atoms with Crippen molar-refractivity contribution in [1.29, 1.82) is 0 Å². The Bertz CT molecular complexity index is 461. The molecule has 112 valence electrons. The van der Waals surface area contributed by atoms with E-state index in [9.17, 15) is 4.79 Å². The summed E-state index contributed by atoms with van der Waals surface area (Å²) in [4.78, 5) is 14.2. The van der Waals surface area contributed by atoms with E-state index in [2.05, 4.69) is 15.5 Å². The second kappa shape index (κ2) is 6.33. The van der Waals surface area contributed by atoms with Gasteiger partial charge in [-0.05, 0) is 44.2 Å². The van der Waals surface area contributed by atoms with Gasteiger partial charge in [0.2, 0.25) is 0 Å². The average molecular weight is 319 g/mol. The summed E-state index contributed by atoms with van der Waals surface area (Å²) in [5.74, 6) is -0.0220. The van der Waals surface area contributed by atoms with Crippen LogP contribution >= 0.6 is 24.0 Å². The van der Waals surface area contributed by atoms with E-state index in [1.807, 2.05) is 4.90 Å². The molecule has 20 heavy (non-hydrogen) atoms. The number of carbonyl (C=O) groups excluding carboxylic acids is 1. The number of aromatic nitrogens is 2. The van der Waals surface area contributed by atoms with Gasteiger partial charge in [0.15, 0.2) is 0 Å². The summed E-state index contributed by atoms with van der Waals surface area (Å²) in [7, 11) is 0. The van der Waals surface area contributed by atoms with Crippen LogP contribution in [0.3, 0.4) is 0 Å². The number of hydrogen-bond acceptors (Lipinski definition) is 3. The Morgan fingerprint density at radius 1 is 1.25 bits per heavy atom. The molecule has 3 rings (SSSR count). The molecule has 2 N–H and O–H groups in total. The Balaban J connectivity index is 0.00000147. The summed E-state index contributed by atoms with van der Waals surface area (Å²) < 4.78 is 0. The van der Waals surface area contributed by atoms with Crippen LogP contribution in [0.1, 0.15) is 36.2 Å². The fourth-order valence-electron chi connectivity index (χ4n) is 3.22. The number of piperidine rings is 2. The summed E-state index contributed by atoms with van der Waals surface area (Å²) >= 11 is 5.95. The highest BCUT2D eigenvalue weighted by atomic mass is 35.5. The number of hydrogen-bond donors (Lipinski definition) is 2. The Labute approximate surface area is 129 Å². The molecule has 2 aliphatic heterocycles. The number of nitrogens with one attached hydrogen (secondary N) is 2. The standard InChI is InChI=1S/C13H19ClN4O.ClH/c14-10-9-16-17-11(10)12(19)18-7-3-13(4-8-18)1-5-15-6-2-13;/h9,15H,1-8H2,(H,16,17);1H. The number of carbonyl (C=O) groups is 1. The third-order valence-electron chi connectivity index (χ3n) is 4.58. The molecule has 0 aromatic carbocycles. The number of aromatic amines is 1. The smallest absolute Gasteiger partial charge is 0.273 e. The maximum atomic E-state index is 12.3. The molecular weight excluding hydrogens is 299 g/mol. The van der Waals surface area contributed by atoms with E-state index >= 15 is 0 Å². The molecule has 0 saturated carbocycles. The average Bonchev–Trinajstić information content (AvgIpc) is 2.86. The Morgan fingerprint density at radius 3 is 2.45 bits per heavy atom. The van der Waals surface area contributed by atoms with Crippen molar-refractivity contribution in [3.8, 4) is 0 Å². The zero-order chi connectivity index (χ0) is 13.3. The summed E-state index contributed by atoms with van der Waals surface area (Å²) in [5, 5.41) is 10.3. The second-order valence-electron chi connectivity index (χ2n) is 5.64. The first-order valence-electron chi connectivity index (χ1n) is 6.89. The monoisotopic (exact) mass is 318 g/mol. The minimum Gasteiger partial charge on any atom is -0.337 e. The highest BCUT2D eigenvalue weighted by Gasteiger charge is 2.37. The lowest BCUT2D eigenvalue weighted by atomic mass is 9.71. The molecule has 3 heterocycles. The number of likely N-dealkylation sites (tertiary alicyclic amines) is 1. The number of halogens is 2. The fraction of sp³-hybridized carbons (Fsp3) is 0.692. The summed E-state index contributed by atoms with van der Waals surface area (Å²) in [6.07, 6.45) is 6.16. The molecule has 0 bridgehead atoms. The molecule has 7 heteroatoms. The van der Waals surface area contributed by atoms with Gasteiger partial charge < -0.3 is 10.2 Å². The maximum Gasteiger partial charge on any atom is 0.273 e. The Kier molecular flexibility index (Phi) is 4.94. The van der Waals surface area contributed by atoms with E-state index in [1.165, 1.54) is 19.0 Å². The molecule has 2 aliphatic rings. The fourth-order valence-corrected chi connectivity index (χ4v) is 3.39. The van der Waals surface area contributed by atoms with Gasteiger partial charge in [0.25, 0.3) is 5.91 Å². The van der Waals surface area contributed by atoms with Crippen molar-refractivity contribution in [1.82, 2.24) is 20.4 Å². The molecule has 0 aliphatic carbocycles. The van der Waals surface area contributed by atoms with E-state index in [-0.39, 0.29) is 18.3 Å². The van der Waals surface area contributed by atoms with Gasteiger partial charge in [-0.15, -0.1) is 12.4 Å². The van der Waals surface area contributed by atoms with Crippen LogP contribution in [0.2, 0.25) is 5.02 Å². The van der Waals surface area contributed by atoms with Crippen LogP contribution in [-0.4, -0.2) is 47.2 Å². The van der Waals surface area contributed by atoms with E-state index < -0.39 is 0 Å². The molecule has 2 fully saturated rings. The minimum atomic E-state index is -0.0220. The van der Waals surface area contributed by atoms with Gasteiger partial charge in [0, 0.05) is 13.1 Å². The van der Waals surface area contributed by atoms with Gasteiger partial charge in [-0.2, -0.15) is 5.10 Å². The zero-order valence-electron chi connectivity index (χ0n) is 11.3. The number of nitrogens with zero attached hydrogens (tertiary/aromatic N) is 2. The first-order chi connectivity index (χ1) is 9.20. The van der Waals surface area contributed by atoms with Crippen LogP contribution in [0, 0.1) is 5.41 Å². The lowest BCUT2D eigenvalue weighted by molar-refractivity contribution is 0.0491. The summed E-state index contributed by atoms with van der Waals surface area (Å²) in [6.45, 7) is 3.88. The molecule has 0 unspecified atom stereocenters. The molecule has 1 spiro atoms. The summed E-state index contributed by atoms with van der Waals surface area (Å²) in [6, 6.07) is 0. The molecule has 2 saturated heterocycles. The Morgan fingerprint density at radius 2 is 1.90 bits per heavy atom. The van der Waals surface area contributed by atoms with Crippen LogP contribution in [0.15, 0.2) is 6.20 Å². The molecular formula is C13H20Cl2N4O. The molecule has 5 nitrogen and oxygen atoms in total. The van der Waals surface area contributed by atoms with Crippen LogP contribution in [0.25, 0.3) is 0 Å². The van der Waals surface area contributed by atoms with Gasteiger partial charge in [0.1, 0.15) is 5.69 Å². The maximum absolute atomic E-state index is 12.3. The van der Waals surface area contributed by atoms with Crippen molar-refractivity contribution in [3.63, 3.8) is 0 Å². The van der Waals surface area contributed by atoms with E-state index in [0.29, 0.717) is 16.1 Å². The highest BCUT2D eigenvalue weighted by Crippen LogP contribution is 2.39. The normalized spacial score (nSPS) is 21.6. The molecule has 0 atom stereocenters. The van der Waals surface area contributed by atoms with Gasteiger partial charge >= 0.3 is 0 Å². The minimum absolute atomic E-state index is 0. The quantitative estimate of drug-likeness (QED) is 0.833. The van der Waals surface area contributed by atoms with Gasteiger partial charge in [0.05, 0.1) is 11.2 Å². The molecule has 1 amide bonds. The van der Waals surface area contributed by atoms with Gasteiger partial charge in [-0.1, -0.05) is 11.6 Å². The third-order valence-corrected chi connectivity index (χ3v) is 4.87. The lowest BCUT2D eigenvalue weighted by Crippen LogP contribution is -2.47. The molecule has 0 radical (unpaired) electrons. The van der Waals surface area contributed by atoms with Crippen molar-refractivity contribution in [2.75, 3.05) is 26.2 Å². The van der Waals surface area contributed by atoms with Crippen molar-refractivity contribution in [3.05, 3.63) is 16.9 Å². The van der Waals surface area contributed by atoms with Crippen LogP contribution in [0.5, 0.6) is 0 Å². The predicted molar refractivity (Wildman–Crippen MR) is 80.5 cm³/mol. The second-order valence-corrected chi connectivity index (χ2v) is 6.04.